The molecule has 1 aliphatic heterocycles. The Hall–Kier alpha value is -2.34. The number of halogens is 1. The summed E-state index contributed by atoms with van der Waals surface area (Å²) in [4.78, 5) is 26.3. The van der Waals surface area contributed by atoms with E-state index in [0.29, 0.717) is 18.5 Å². The van der Waals surface area contributed by atoms with Crippen molar-refractivity contribution in [2.75, 3.05) is 18.6 Å². The highest BCUT2D eigenvalue weighted by Gasteiger charge is 2.22. The summed E-state index contributed by atoms with van der Waals surface area (Å²) in [6, 6.07) is 12.8. The smallest absolute Gasteiger partial charge is 0.251 e. The maximum atomic E-state index is 12.6. The maximum absolute atomic E-state index is 12.6. The van der Waals surface area contributed by atoms with E-state index in [1.165, 1.54) is 0 Å². The third-order valence-electron chi connectivity index (χ3n) is 4.52. The first-order valence-corrected chi connectivity index (χ1v) is 9.33. The molecule has 6 heteroatoms. The molecule has 1 N–H and O–H groups in total. The van der Waals surface area contributed by atoms with Crippen LogP contribution in [0.1, 0.15) is 41.7 Å². The Labute approximate surface area is 161 Å². The number of rotatable bonds is 5. The van der Waals surface area contributed by atoms with Crippen LogP contribution in [0.5, 0.6) is 5.75 Å². The van der Waals surface area contributed by atoms with Gasteiger partial charge < -0.3 is 15.0 Å². The number of amides is 2. The number of nitrogens with one attached hydrogen (secondary N) is 1. The van der Waals surface area contributed by atoms with Crippen LogP contribution >= 0.6 is 15.9 Å². The number of carbonyl (C=O) groups excluding carboxylic acids is 2. The van der Waals surface area contributed by atoms with Crippen molar-refractivity contribution in [3.8, 4) is 5.75 Å². The summed E-state index contributed by atoms with van der Waals surface area (Å²) in [6.45, 7) is 2.64. The molecule has 2 aromatic carbocycles. The van der Waals surface area contributed by atoms with Crippen molar-refractivity contribution in [3.05, 3.63) is 58.1 Å². The van der Waals surface area contributed by atoms with Crippen molar-refractivity contribution in [1.29, 1.82) is 0 Å². The quantitative estimate of drug-likeness (QED) is 0.798. The maximum Gasteiger partial charge on any atom is 0.251 e. The zero-order valence-electron chi connectivity index (χ0n) is 14.8. The second-order valence-electron chi connectivity index (χ2n) is 6.29. The van der Waals surface area contributed by atoms with Gasteiger partial charge >= 0.3 is 0 Å². The highest BCUT2D eigenvalue weighted by molar-refractivity contribution is 9.10. The molecule has 0 unspecified atom stereocenters. The molecule has 5 nitrogen and oxygen atoms in total. The van der Waals surface area contributed by atoms with Crippen LogP contribution in [0, 0.1) is 0 Å². The molecule has 0 aliphatic carbocycles. The number of nitrogens with zero attached hydrogens (tertiary/aromatic N) is 1. The Kier molecular flexibility index (Phi) is 5.61. The van der Waals surface area contributed by atoms with Crippen LogP contribution in [-0.2, 0) is 4.79 Å². The number of carbonyl (C=O) groups is 2. The van der Waals surface area contributed by atoms with E-state index >= 15 is 0 Å². The summed E-state index contributed by atoms with van der Waals surface area (Å²) >= 11 is 3.46. The molecule has 3 rings (SSSR count). The standard InChI is InChI=1S/C20H21BrN2O3/c1-13(14-8-9-18(26-2)17(21)12-14)22-20(25)15-5-3-6-16(11-15)23-10-4-7-19(23)24/h3,5-6,8-9,11-13H,4,7,10H2,1-2H3,(H,22,25)/t13-/m1/s1. The average Bonchev–Trinajstić information content (AvgIpc) is 3.07. The van der Waals surface area contributed by atoms with E-state index in [2.05, 4.69) is 21.2 Å². The lowest BCUT2D eigenvalue weighted by atomic mass is 10.1. The lowest BCUT2D eigenvalue weighted by Gasteiger charge is -2.18. The van der Waals surface area contributed by atoms with E-state index in [4.69, 9.17) is 4.74 Å². The molecule has 1 aliphatic rings. The van der Waals surface area contributed by atoms with Crippen molar-refractivity contribution in [2.24, 2.45) is 0 Å². The van der Waals surface area contributed by atoms with Crippen molar-refractivity contribution in [3.63, 3.8) is 0 Å². The van der Waals surface area contributed by atoms with Crippen LogP contribution in [-0.4, -0.2) is 25.5 Å². The largest absolute Gasteiger partial charge is 0.496 e. The summed E-state index contributed by atoms with van der Waals surface area (Å²) in [5, 5.41) is 3.00. The summed E-state index contributed by atoms with van der Waals surface area (Å²) in [6.07, 6.45) is 1.43. The first kappa shape index (κ1) is 18.5. The molecule has 0 radical (unpaired) electrons. The highest BCUT2D eigenvalue weighted by Crippen LogP contribution is 2.28. The van der Waals surface area contributed by atoms with Gasteiger partial charge in [-0.1, -0.05) is 12.1 Å². The topological polar surface area (TPSA) is 58.6 Å². The van der Waals surface area contributed by atoms with Crippen LogP contribution in [0.2, 0.25) is 0 Å². The van der Waals surface area contributed by atoms with Crippen LogP contribution in [0.25, 0.3) is 0 Å². The van der Waals surface area contributed by atoms with Crippen molar-refractivity contribution >= 4 is 33.4 Å². The number of benzene rings is 2. The van der Waals surface area contributed by atoms with E-state index in [1.807, 2.05) is 37.3 Å². The summed E-state index contributed by atoms with van der Waals surface area (Å²) in [7, 11) is 1.61. The highest BCUT2D eigenvalue weighted by atomic mass is 79.9. The lowest BCUT2D eigenvalue weighted by molar-refractivity contribution is -0.117. The van der Waals surface area contributed by atoms with Crippen LogP contribution in [0.3, 0.4) is 0 Å². The molecule has 0 spiro atoms. The normalized spacial score (nSPS) is 15.0. The SMILES string of the molecule is COc1ccc([C@@H](C)NC(=O)c2cccc(N3CCCC3=O)c2)cc1Br. The molecule has 1 fully saturated rings. The first-order chi connectivity index (χ1) is 12.5. The lowest BCUT2D eigenvalue weighted by Crippen LogP contribution is -2.28. The molecule has 0 bridgehead atoms. The second kappa shape index (κ2) is 7.91. The van der Waals surface area contributed by atoms with E-state index in [9.17, 15) is 9.59 Å². The van der Waals surface area contributed by atoms with Gasteiger partial charge in [-0.15, -0.1) is 0 Å². The van der Waals surface area contributed by atoms with Gasteiger partial charge in [0.2, 0.25) is 5.91 Å². The summed E-state index contributed by atoms with van der Waals surface area (Å²) in [5.41, 5.74) is 2.29. The minimum Gasteiger partial charge on any atom is -0.496 e. The Morgan fingerprint density at radius 1 is 1.27 bits per heavy atom. The van der Waals surface area contributed by atoms with Crippen LogP contribution in [0.4, 0.5) is 5.69 Å². The summed E-state index contributed by atoms with van der Waals surface area (Å²) < 4.78 is 6.08. The monoisotopic (exact) mass is 416 g/mol. The van der Waals surface area contributed by atoms with Crippen molar-refractivity contribution < 1.29 is 14.3 Å². The predicted octanol–water partition coefficient (Wildman–Crippen LogP) is 4.08. The fourth-order valence-corrected chi connectivity index (χ4v) is 3.61. The molecule has 0 saturated carbocycles. The van der Waals surface area contributed by atoms with Crippen LogP contribution < -0.4 is 15.0 Å². The zero-order chi connectivity index (χ0) is 18.7. The van der Waals surface area contributed by atoms with E-state index in [1.54, 1.807) is 24.1 Å². The van der Waals surface area contributed by atoms with Crippen molar-refractivity contribution in [1.82, 2.24) is 5.32 Å². The number of methoxy groups -OCH3 is 1. The fraction of sp³-hybridized carbons (Fsp3) is 0.300. The van der Waals surface area contributed by atoms with Gasteiger partial charge in [-0.3, -0.25) is 9.59 Å². The van der Waals surface area contributed by atoms with Gasteiger partial charge in [-0.2, -0.15) is 0 Å². The van der Waals surface area contributed by atoms with Gasteiger partial charge in [0.05, 0.1) is 17.6 Å². The van der Waals surface area contributed by atoms with Gasteiger partial charge in [0.15, 0.2) is 0 Å². The summed E-state index contributed by atoms with van der Waals surface area (Å²) in [5.74, 6) is 0.687. The Balaban J connectivity index is 1.73. The van der Waals surface area contributed by atoms with Crippen LogP contribution in [0.15, 0.2) is 46.9 Å². The average molecular weight is 417 g/mol. The number of anilines is 1. The molecular weight excluding hydrogens is 396 g/mol. The molecule has 2 amide bonds. The van der Waals surface area contributed by atoms with Crippen molar-refractivity contribution in [2.45, 2.75) is 25.8 Å². The second-order valence-corrected chi connectivity index (χ2v) is 7.14. The Bertz CT molecular complexity index is 838. The van der Waals surface area contributed by atoms with Gasteiger partial charge in [-0.05, 0) is 65.2 Å². The first-order valence-electron chi connectivity index (χ1n) is 8.54. The molecule has 0 aromatic heterocycles. The Morgan fingerprint density at radius 3 is 2.73 bits per heavy atom. The Morgan fingerprint density at radius 2 is 2.08 bits per heavy atom. The molecule has 2 aromatic rings. The van der Waals surface area contributed by atoms with Gasteiger partial charge in [0.25, 0.3) is 5.91 Å². The van der Waals surface area contributed by atoms with Gasteiger partial charge in [0, 0.05) is 24.2 Å². The van der Waals surface area contributed by atoms with E-state index < -0.39 is 0 Å². The molecular formula is C20H21BrN2O3. The van der Waals surface area contributed by atoms with Gasteiger partial charge in [0.1, 0.15) is 5.75 Å². The molecule has 1 atom stereocenters. The fourth-order valence-electron chi connectivity index (χ4n) is 3.05. The zero-order valence-corrected chi connectivity index (χ0v) is 16.4. The van der Waals surface area contributed by atoms with E-state index in [0.717, 1.165) is 27.9 Å². The van der Waals surface area contributed by atoms with Gasteiger partial charge in [-0.25, -0.2) is 0 Å². The predicted molar refractivity (Wildman–Crippen MR) is 105 cm³/mol. The third kappa shape index (κ3) is 3.90. The number of ether oxygens (including phenoxy) is 1. The number of hydrogen-bond donors (Lipinski definition) is 1. The van der Waals surface area contributed by atoms with E-state index in [-0.39, 0.29) is 17.9 Å². The molecule has 136 valence electrons. The third-order valence-corrected chi connectivity index (χ3v) is 5.14. The molecule has 1 heterocycles. The number of hydrogen-bond acceptors (Lipinski definition) is 3. The molecule has 1 saturated heterocycles. The minimum atomic E-state index is -0.169. The minimum absolute atomic E-state index is 0.110. The molecule has 26 heavy (non-hydrogen) atoms.